The maximum absolute atomic E-state index is 10.7. The summed E-state index contributed by atoms with van der Waals surface area (Å²) < 4.78 is 10.8. The summed E-state index contributed by atoms with van der Waals surface area (Å²) in [4.78, 5) is 10.7. The highest BCUT2D eigenvalue weighted by atomic mass is 35.5. The molecule has 0 radical (unpaired) electrons. The van der Waals surface area contributed by atoms with Crippen LogP contribution in [0.3, 0.4) is 0 Å². The molecule has 1 aromatic rings. The summed E-state index contributed by atoms with van der Waals surface area (Å²) in [5.74, 6) is 1.15. The van der Waals surface area contributed by atoms with Gasteiger partial charge in [0, 0.05) is 6.54 Å². The molecule has 118 valence electrons. The Morgan fingerprint density at radius 2 is 2.14 bits per heavy atom. The number of benzene rings is 1. The van der Waals surface area contributed by atoms with E-state index < -0.39 is 5.91 Å². The number of primary amides is 1. The van der Waals surface area contributed by atoms with E-state index in [1.54, 1.807) is 7.11 Å². The second-order valence-corrected chi connectivity index (χ2v) is 5.61. The average molecular weight is 315 g/mol. The highest BCUT2D eigenvalue weighted by Crippen LogP contribution is 2.36. The number of carbonyl (C=O) groups excluding carboxylic acids is 1. The lowest BCUT2D eigenvalue weighted by molar-refractivity contribution is -0.118. The highest BCUT2D eigenvalue weighted by molar-refractivity contribution is 6.32. The molecule has 0 aliphatic heterocycles. The maximum atomic E-state index is 10.7. The molecule has 5 nitrogen and oxygen atoms in total. The van der Waals surface area contributed by atoms with Crippen LogP contribution >= 0.6 is 11.6 Å². The van der Waals surface area contributed by atoms with Crippen LogP contribution in [-0.2, 0) is 11.3 Å². The largest absolute Gasteiger partial charge is 0.493 e. The summed E-state index contributed by atoms with van der Waals surface area (Å²) in [6.45, 7) is 6.11. The topological polar surface area (TPSA) is 73.6 Å². The fraction of sp³-hybridized carbons (Fsp3) is 0.533. The number of ether oxygens (including phenoxy) is 2. The Hall–Kier alpha value is -1.46. The third-order valence-electron chi connectivity index (χ3n) is 2.77. The number of methoxy groups -OCH3 is 1. The number of nitrogens with two attached hydrogens (primary N) is 1. The Kier molecular flexibility index (Phi) is 7.32. The van der Waals surface area contributed by atoms with Gasteiger partial charge in [-0.1, -0.05) is 25.4 Å². The minimum Gasteiger partial charge on any atom is -0.493 e. The molecule has 3 N–H and O–H groups in total. The maximum Gasteiger partial charge on any atom is 0.220 e. The lowest BCUT2D eigenvalue weighted by atomic mass is 10.1. The first-order chi connectivity index (χ1) is 9.93. The Bertz CT molecular complexity index is 478. The van der Waals surface area contributed by atoms with Crippen molar-refractivity contribution in [2.24, 2.45) is 11.7 Å². The van der Waals surface area contributed by atoms with Gasteiger partial charge < -0.3 is 20.5 Å². The summed E-state index contributed by atoms with van der Waals surface area (Å²) in [7, 11) is 1.55. The van der Waals surface area contributed by atoms with E-state index in [-0.39, 0.29) is 13.0 Å². The van der Waals surface area contributed by atoms with E-state index in [0.29, 0.717) is 29.0 Å². The van der Waals surface area contributed by atoms with Crippen molar-refractivity contribution in [2.75, 3.05) is 20.3 Å². The van der Waals surface area contributed by atoms with Crippen molar-refractivity contribution in [3.8, 4) is 11.5 Å². The molecule has 0 atom stereocenters. The highest BCUT2D eigenvalue weighted by Gasteiger charge is 2.12. The SMILES string of the molecule is COc1cc(CNCC(C)C)cc(Cl)c1OCCC(N)=O. The van der Waals surface area contributed by atoms with Gasteiger partial charge in [-0.2, -0.15) is 0 Å². The quantitative estimate of drug-likeness (QED) is 0.734. The Morgan fingerprint density at radius 3 is 2.71 bits per heavy atom. The molecule has 1 rings (SSSR count). The Labute approximate surface area is 130 Å². The van der Waals surface area contributed by atoms with Gasteiger partial charge in [-0.3, -0.25) is 4.79 Å². The summed E-state index contributed by atoms with van der Waals surface area (Å²) in [5.41, 5.74) is 6.09. The molecule has 0 aromatic heterocycles. The first-order valence-electron chi connectivity index (χ1n) is 6.92. The zero-order valence-corrected chi connectivity index (χ0v) is 13.5. The number of carbonyl (C=O) groups is 1. The number of amides is 1. The lowest BCUT2D eigenvalue weighted by Crippen LogP contribution is -2.19. The Balaban J connectivity index is 2.74. The van der Waals surface area contributed by atoms with Gasteiger partial charge >= 0.3 is 0 Å². The van der Waals surface area contributed by atoms with Crippen molar-refractivity contribution in [3.63, 3.8) is 0 Å². The third-order valence-corrected chi connectivity index (χ3v) is 3.05. The van der Waals surface area contributed by atoms with Gasteiger partial charge in [-0.15, -0.1) is 0 Å². The summed E-state index contributed by atoms with van der Waals surface area (Å²) in [6, 6.07) is 3.70. The molecular weight excluding hydrogens is 292 g/mol. The van der Waals surface area contributed by atoms with Crippen LogP contribution < -0.4 is 20.5 Å². The van der Waals surface area contributed by atoms with Gasteiger partial charge in [0.25, 0.3) is 0 Å². The van der Waals surface area contributed by atoms with E-state index >= 15 is 0 Å². The molecule has 1 aromatic carbocycles. The van der Waals surface area contributed by atoms with Crippen molar-refractivity contribution < 1.29 is 14.3 Å². The van der Waals surface area contributed by atoms with E-state index in [2.05, 4.69) is 19.2 Å². The molecule has 21 heavy (non-hydrogen) atoms. The summed E-state index contributed by atoms with van der Waals surface area (Å²) >= 11 is 6.22. The minimum absolute atomic E-state index is 0.136. The third kappa shape index (κ3) is 6.23. The van der Waals surface area contributed by atoms with Crippen LogP contribution in [0, 0.1) is 5.92 Å². The zero-order chi connectivity index (χ0) is 15.8. The van der Waals surface area contributed by atoms with Crippen LogP contribution in [0.1, 0.15) is 25.8 Å². The van der Waals surface area contributed by atoms with E-state index in [9.17, 15) is 4.79 Å². The monoisotopic (exact) mass is 314 g/mol. The summed E-state index contributed by atoms with van der Waals surface area (Å²) in [5, 5.41) is 3.80. The lowest BCUT2D eigenvalue weighted by Gasteiger charge is -2.14. The van der Waals surface area contributed by atoms with Crippen molar-refractivity contribution in [1.82, 2.24) is 5.32 Å². The molecule has 0 aliphatic carbocycles. The van der Waals surface area contributed by atoms with Gasteiger partial charge in [0.2, 0.25) is 5.91 Å². The molecule has 0 heterocycles. The molecule has 0 saturated heterocycles. The van der Waals surface area contributed by atoms with Gasteiger partial charge in [0.1, 0.15) is 0 Å². The van der Waals surface area contributed by atoms with Crippen LogP contribution in [-0.4, -0.2) is 26.2 Å². The second-order valence-electron chi connectivity index (χ2n) is 5.20. The number of halogens is 1. The predicted molar refractivity (Wildman–Crippen MR) is 83.9 cm³/mol. The number of hydrogen-bond donors (Lipinski definition) is 2. The zero-order valence-electron chi connectivity index (χ0n) is 12.7. The first kappa shape index (κ1) is 17.6. The van der Waals surface area contributed by atoms with Crippen molar-refractivity contribution in [2.45, 2.75) is 26.8 Å². The standard InChI is InChI=1S/C15H23ClN2O3/c1-10(2)8-18-9-11-6-12(16)15(13(7-11)20-3)21-5-4-14(17)19/h6-7,10,18H,4-5,8-9H2,1-3H3,(H2,17,19). The molecule has 0 fully saturated rings. The summed E-state index contributed by atoms with van der Waals surface area (Å²) in [6.07, 6.45) is 0.136. The number of rotatable bonds is 9. The van der Waals surface area contributed by atoms with Crippen molar-refractivity contribution in [1.29, 1.82) is 0 Å². The van der Waals surface area contributed by atoms with Gasteiger partial charge in [-0.25, -0.2) is 0 Å². The van der Waals surface area contributed by atoms with Gasteiger partial charge in [0.15, 0.2) is 11.5 Å². The molecular formula is C15H23ClN2O3. The minimum atomic E-state index is -0.417. The molecule has 0 saturated carbocycles. The van der Waals surface area contributed by atoms with Crippen LogP contribution in [0.2, 0.25) is 5.02 Å². The van der Waals surface area contributed by atoms with Crippen molar-refractivity contribution >= 4 is 17.5 Å². The normalized spacial score (nSPS) is 10.7. The van der Waals surface area contributed by atoms with Gasteiger partial charge in [-0.05, 0) is 30.2 Å². The number of nitrogens with one attached hydrogen (secondary N) is 1. The molecule has 0 bridgehead atoms. The predicted octanol–water partition coefficient (Wildman–Crippen LogP) is 2.35. The van der Waals surface area contributed by atoms with Crippen LogP contribution in [0.4, 0.5) is 0 Å². The van der Waals surface area contributed by atoms with E-state index in [0.717, 1.165) is 12.1 Å². The molecule has 1 amide bonds. The molecule has 0 aliphatic rings. The van der Waals surface area contributed by atoms with Crippen LogP contribution in [0.15, 0.2) is 12.1 Å². The first-order valence-corrected chi connectivity index (χ1v) is 7.30. The second kappa shape index (κ2) is 8.74. The van der Waals surface area contributed by atoms with E-state index in [1.807, 2.05) is 12.1 Å². The van der Waals surface area contributed by atoms with Crippen LogP contribution in [0.5, 0.6) is 11.5 Å². The van der Waals surface area contributed by atoms with E-state index in [4.69, 9.17) is 26.8 Å². The Morgan fingerprint density at radius 1 is 1.43 bits per heavy atom. The molecule has 0 spiro atoms. The average Bonchev–Trinajstić information content (AvgIpc) is 2.39. The van der Waals surface area contributed by atoms with E-state index in [1.165, 1.54) is 0 Å². The fourth-order valence-electron chi connectivity index (χ4n) is 1.77. The fourth-order valence-corrected chi connectivity index (χ4v) is 2.06. The van der Waals surface area contributed by atoms with Gasteiger partial charge in [0.05, 0.1) is 25.2 Å². The molecule has 0 unspecified atom stereocenters. The smallest absolute Gasteiger partial charge is 0.220 e. The van der Waals surface area contributed by atoms with Crippen molar-refractivity contribution in [3.05, 3.63) is 22.7 Å². The molecule has 6 heteroatoms. The van der Waals surface area contributed by atoms with Crippen LogP contribution in [0.25, 0.3) is 0 Å². The number of hydrogen-bond acceptors (Lipinski definition) is 4.